The number of hydroxylamine groups is 1. The molecule has 4 atom stereocenters. The van der Waals surface area contributed by atoms with Crippen LogP contribution in [0, 0.1) is 0 Å². The smallest absolute Gasteiger partial charge is 0.313 e. The molecule has 10 heteroatoms. The molecule has 0 radical (unpaired) electrons. The van der Waals surface area contributed by atoms with Crippen LogP contribution in [0.15, 0.2) is 30.3 Å². The quantitative estimate of drug-likeness (QED) is 0.298. The van der Waals surface area contributed by atoms with Crippen molar-refractivity contribution in [1.82, 2.24) is 10.8 Å². The number of esters is 3. The van der Waals surface area contributed by atoms with Gasteiger partial charge in [-0.3, -0.25) is 19.2 Å². The van der Waals surface area contributed by atoms with E-state index in [4.69, 9.17) is 4.74 Å². The van der Waals surface area contributed by atoms with E-state index in [1.165, 1.54) is 18.7 Å². The van der Waals surface area contributed by atoms with E-state index in [1.54, 1.807) is 24.3 Å². The predicted molar refractivity (Wildman–Crippen MR) is 109 cm³/mol. The summed E-state index contributed by atoms with van der Waals surface area (Å²) in [5.74, 6) is -1.59. The number of carbonyl (C=O) groups is 4. The predicted octanol–water partition coefficient (Wildman–Crippen LogP) is 1.44. The lowest BCUT2D eigenvalue weighted by Crippen LogP contribution is -2.51. The van der Waals surface area contributed by atoms with Crippen LogP contribution < -0.4 is 10.8 Å². The Morgan fingerprint density at radius 3 is 2.47 bits per heavy atom. The molecule has 1 aliphatic rings. The molecule has 1 aromatic rings. The third-order valence-electron chi connectivity index (χ3n) is 4.56. The number of amides is 1. The monoisotopic (exact) mass is 438 g/mol. The summed E-state index contributed by atoms with van der Waals surface area (Å²) in [6.07, 6.45) is 0.0868. The standard InChI is InChI=1S/C20H26N2O7S/c1-12(23)28-17(25)10-6-9-15(22-27)19-18(29-13(2)24)16(11-30-19)21-20(26)14-7-4-3-5-8-14/h3-5,7-8,15-16,18-19,22,27H,6,9-11H2,1-2H3,(H,21,26)/t15-,16-,18+,19-/m1/s1. The van der Waals surface area contributed by atoms with Crippen LogP contribution in [0.3, 0.4) is 0 Å². The topological polar surface area (TPSA) is 131 Å². The summed E-state index contributed by atoms with van der Waals surface area (Å²) in [5.41, 5.74) is 2.72. The first-order valence-electron chi connectivity index (χ1n) is 9.57. The Kier molecular flexibility index (Phi) is 9.28. The van der Waals surface area contributed by atoms with Gasteiger partial charge < -0.3 is 20.0 Å². The average Bonchev–Trinajstić information content (AvgIpc) is 3.06. The lowest BCUT2D eigenvalue weighted by atomic mass is 9.99. The number of rotatable bonds is 9. The van der Waals surface area contributed by atoms with Crippen molar-refractivity contribution in [1.29, 1.82) is 0 Å². The molecule has 30 heavy (non-hydrogen) atoms. The fourth-order valence-electron chi connectivity index (χ4n) is 3.26. The summed E-state index contributed by atoms with van der Waals surface area (Å²) >= 11 is 1.46. The van der Waals surface area contributed by atoms with Crippen LogP contribution in [-0.2, 0) is 23.9 Å². The molecule has 0 aliphatic carbocycles. The van der Waals surface area contributed by atoms with Gasteiger partial charge in [-0.2, -0.15) is 11.8 Å². The van der Waals surface area contributed by atoms with E-state index < -0.39 is 36.1 Å². The summed E-state index contributed by atoms with van der Waals surface area (Å²) in [4.78, 5) is 46.5. The molecule has 1 saturated heterocycles. The number of nitrogens with one attached hydrogen (secondary N) is 2. The molecular formula is C20H26N2O7S. The number of benzene rings is 1. The second-order valence-corrected chi connectivity index (χ2v) is 8.12. The van der Waals surface area contributed by atoms with Gasteiger partial charge in [0, 0.05) is 37.6 Å². The highest BCUT2D eigenvalue weighted by atomic mass is 32.2. The fourth-order valence-corrected chi connectivity index (χ4v) is 4.83. The maximum atomic E-state index is 12.5. The van der Waals surface area contributed by atoms with Crippen LogP contribution in [0.2, 0.25) is 0 Å². The van der Waals surface area contributed by atoms with Crippen molar-refractivity contribution in [3.05, 3.63) is 35.9 Å². The first kappa shape index (κ1) is 23.8. The molecule has 164 valence electrons. The molecule has 0 saturated carbocycles. The van der Waals surface area contributed by atoms with Gasteiger partial charge >= 0.3 is 17.9 Å². The molecule has 1 aliphatic heterocycles. The Balaban J connectivity index is 2.00. The highest BCUT2D eigenvalue weighted by molar-refractivity contribution is 8.00. The fraction of sp³-hybridized carbons (Fsp3) is 0.500. The van der Waals surface area contributed by atoms with Crippen molar-refractivity contribution < 1.29 is 33.9 Å². The van der Waals surface area contributed by atoms with E-state index in [1.807, 2.05) is 6.07 Å². The zero-order chi connectivity index (χ0) is 22.1. The zero-order valence-electron chi connectivity index (χ0n) is 16.8. The molecule has 0 bridgehead atoms. The second-order valence-electron chi connectivity index (χ2n) is 6.91. The molecule has 1 heterocycles. The van der Waals surface area contributed by atoms with Gasteiger partial charge in [0.15, 0.2) is 0 Å². The van der Waals surface area contributed by atoms with E-state index in [9.17, 15) is 24.4 Å². The second kappa shape index (κ2) is 11.7. The van der Waals surface area contributed by atoms with Crippen molar-refractivity contribution in [3.63, 3.8) is 0 Å². The summed E-state index contributed by atoms with van der Waals surface area (Å²) in [5, 5.41) is 12.2. The number of hydrogen-bond acceptors (Lipinski definition) is 9. The number of carbonyl (C=O) groups excluding carboxylic acids is 4. The highest BCUT2D eigenvalue weighted by Crippen LogP contribution is 2.34. The van der Waals surface area contributed by atoms with Crippen LogP contribution in [0.4, 0.5) is 0 Å². The minimum absolute atomic E-state index is 0.0154. The first-order valence-corrected chi connectivity index (χ1v) is 10.6. The molecule has 0 aromatic heterocycles. The van der Waals surface area contributed by atoms with Gasteiger partial charge in [-0.1, -0.05) is 18.2 Å². The van der Waals surface area contributed by atoms with E-state index in [0.29, 0.717) is 24.2 Å². The van der Waals surface area contributed by atoms with Crippen molar-refractivity contribution in [2.75, 3.05) is 5.75 Å². The van der Waals surface area contributed by atoms with Crippen molar-refractivity contribution in [3.8, 4) is 0 Å². The van der Waals surface area contributed by atoms with E-state index in [0.717, 1.165) is 6.92 Å². The van der Waals surface area contributed by atoms with E-state index in [-0.39, 0.29) is 17.6 Å². The van der Waals surface area contributed by atoms with Gasteiger partial charge in [-0.05, 0) is 25.0 Å². The van der Waals surface area contributed by atoms with Crippen LogP contribution >= 0.6 is 11.8 Å². The van der Waals surface area contributed by atoms with Gasteiger partial charge in [0.05, 0.1) is 11.3 Å². The highest BCUT2D eigenvalue weighted by Gasteiger charge is 2.44. The Hall–Kier alpha value is -2.43. The molecule has 0 spiro atoms. The minimum atomic E-state index is -0.671. The molecule has 0 unspecified atom stereocenters. The lowest BCUT2D eigenvalue weighted by molar-refractivity contribution is -0.158. The molecule has 9 nitrogen and oxygen atoms in total. The summed E-state index contributed by atoms with van der Waals surface area (Å²) in [6.45, 7) is 2.44. The Morgan fingerprint density at radius 2 is 1.87 bits per heavy atom. The largest absolute Gasteiger partial charge is 0.459 e. The normalized spacial score (nSPS) is 21.5. The van der Waals surface area contributed by atoms with E-state index >= 15 is 0 Å². The maximum absolute atomic E-state index is 12.5. The molecule has 1 aromatic carbocycles. The molecule has 3 N–H and O–H groups in total. The number of ether oxygens (including phenoxy) is 2. The van der Waals surface area contributed by atoms with Gasteiger partial charge in [-0.15, -0.1) is 0 Å². The third kappa shape index (κ3) is 7.12. The minimum Gasteiger partial charge on any atom is -0.459 e. The van der Waals surface area contributed by atoms with Gasteiger partial charge in [0.2, 0.25) is 0 Å². The zero-order valence-corrected chi connectivity index (χ0v) is 17.6. The SMILES string of the molecule is CC(=O)OC(=O)CCC[C@@H](NO)[C@H]1SC[C@@H](NC(=O)c2ccccc2)[C@@H]1OC(C)=O. The summed E-state index contributed by atoms with van der Waals surface area (Å²) in [6, 6.07) is 7.77. The van der Waals surface area contributed by atoms with Gasteiger partial charge in [0.1, 0.15) is 6.10 Å². The molecular weight excluding hydrogens is 412 g/mol. The summed E-state index contributed by atoms with van der Waals surface area (Å²) < 4.78 is 9.96. The van der Waals surface area contributed by atoms with E-state index in [2.05, 4.69) is 15.5 Å². The van der Waals surface area contributed by atoms with Crippen LogP contribution in [0.1, 0.15) is 43.5 Å². The Labute approximate surface area is 178 Å². The van der Waals surface area contributed by atoms with Crippen LogP contribution in [0.5, 0.6) is 0 Å². The van der Waals surface area contributed by atoms with Crippen molar-refractivity contribution in [2.45, 2.75) is 56.5 Å². The molecule has 1 fully saturated rings. The Bertz CT molecular complexity index is 759. The number of thioether (sulfide) groups is 1. The van der Waals surface area contributed by atoms with Gasteiger partial charge in [-0.25, -0.2) is 5.48 Å². The number of hydrogen-bond donors (Lipinski definition) is 3. The molecule has 1 amide bonds. The van der Waals surface area contributed by atoms with Crippen molar-refractivity contribution in [2.24, 2.45) is 0 Å². The van der Waals surface area contributed by atoms with Gasteiger partial charge in [0.25, 0.3) is 5.91 Å². The Morgan fingerprint density at radius 1 is 1.17 bits per heavy atom. The van der Waals surface area contributed by atoms with Crippen molar-refractivity contribution >= 4 is 35.6 Å². The molecule has 2 rings (SSSR count). The van der Waals surface area contributed by atoms with Crippen LogP contribution in [-0.4, -0.2) is 58.2 Å². The first-order chi connectivity index (χ1) is 14.3. The maximum Gasteiger partial charge on any atom is 0.313 e. The average molecular weight is 439 g/mol. The summed E-state index contributed by atoms with van der Waals surface area (Å²) in [7, 11) is 0. The third-order valence-corrected chi connectivity index (χ3v) is 6.09. The van der Waals surface area contributed by atoms with Crippen LogP contribution in [0.25, 0.3) is 0 Å². The lowest BCUT2D eigenvalue weighted by Gasteiger charge is -2.29.